The molecule has 0 aromatic heterocycles. The van der Waals surface area contributed by atoms with Gasteiger partial charge >= 0.3 is 0 Å². The highest BCUT2D eigenvalue weighted by molar-refractivity contribution is 6.49. The molecule has 0 spiro atoms. The van der Waals surface area contributed by atoms with Crippen molar-refractivity contribution in [2.75, 3.05) is 18.0 Å². The number of ketones is 2. The highest BCUT2D eigenvalue weighted by Crippen LogP contribution is 2.31. The fourth-order valence-corrected chi connectivity index (χ4v) is 2.38. The summed E-state index contributed by atoms with van der Waals surface area (Å²) in [5.74, 6) is -1.45. The summed E-state index contributed by atoms with van der Waals surface area (Å²) in [6, 6.07) is 13.3. The number of carbonyl (C=O) groups excluding carboxylic acids is 2. The maximum absolute atomic E-state index is 12.4. The van der Waals surface area contributed by atoms with Crippen LogP contribution in [0.4, 0.5) is 5.69 Å². The highest BCUT2D eigenvalue weighted by atomic mass is 16.3. The Bertz CT molecular complexity index is 676. The van der Waals surface area contributed by atoms with Crippen molar-refractivity contribution in [3.8, 4) is 5.75 Å². The van der Waals surface area contributed by atoms with Crippen LogP contribution in [-0.2, 0) is 0 Å². The van der Waals surface area contributed by atoms with Gasteiger partial charge in [0.2, 0.25) is 11.6 Å². The molecule has 0 atom stereocenters. The Hall–Kier alpha value is -2.62. The van der Waals surface area contributed by atoms with Crippen LogP contribution < -0.4 is 4.90 Å². The van der Waals surface area contributed by atoms with Crippen molar-refractivity contribution in [3.05, 3.63) is 59.7 Å². The van der Waals surface area contributed by atoms with Crippen LogP contribution in [0.3, 0.4) is 0 Å². The number of benzene rings is 2. The molecule has 0 heterocycles. The number of aromatic hydroxyl groups is 1. The van der Waals surface area contributed by atoms with Gasteiger partial charge in [0.05, 0.1) is 11.3 Å². The van der Waals surface area contributed by atoms with Crippen LogP contribution in [0.25, 0.3) is 0 Å². The highest BCUT2D eigenvalue weighted by Gasteiger charge is 2.23. The van der Waals surface area contributed by atoms with Crippen LogP contribution >= 0.6 is 0 Å². The molecule has 0 amide bonds. The monoisotopic (exact) mass is 297 g/mol. The Labute approximate surface area is 130 Å². The number of Topliss-reactive ketones (excluding diaryl/α,β-unsaturated/α-hetero) is 2. The topological polar surface area (TPSA) is 57.6 Å². The molecule has 1 N–H and O–H groups in total. The van der Waals surface area contributed by atoms with Gasteiger partial charge in [-0.15, -0.1) is 0 Å². The summed E-state index contributed by atoms with van der Waals surface area (Å²) in [5, 5.41) is 10.4. The lowest BCUT2D eigenvalue weighted by atomic mass is 10.00. The third kappa shape index (κ3) is 3.01. The zero-order valence-corrected chi connectivity index (χ0v) is 12.7. The standard InChI is InChI=1S/C18H19NO3/c1-3-19(4-2)15-12-8-11-14(17(15)21)18(22)16(20)13-9-6-5-7-10-13/h5-12,21H,3-4H2,1-2H3. The zero-order valence-electron chi connectivity index (χ0n) is 12.7. The van der Waals surface area contributed by atoms with E-state index < -0.39 is 11.6 Å². The van der Waals surface area contributed by atoms with Gasteiger partial charge in [0.15, 0.2) is 0 Å². The van der Waals surface area contributed by atoms with Gasteiger partial charge < -0.3 is 10.0 Å². The van der Waals surface area contributed by atoms with Crippen molar-refractivity contribution in [1.82, 2.24) is 0 Å². The largest absolute Gasteiger partial charge is 0.505 e. The number of anilines is 1. The molecule has 22 heavy (non-hydrogen) atoms. The van der Waals surface area contributed by atoms with E-state index in [1.54, 1.807) is 42.5 Å². The lowest BCUT2D eigenvalue weighted by Gasteiger charge is -2.22. The number of nitrogens with zero attached hydrogens (tertiary/aromatic N) is 1. The number of phenolic OH excluding ortho intramolecular Hbond substituents is 1. The second kappa shape index (κ2) is 6.89. The van der Waals surface area contributed by atoms with Crippen molar-refractivity contribution in [1.29, 1.82) is 0 Å². The Kier molecular flexibility index (Phi) is 4.94. The normalized spacial score (nSPS) is 10.3. The quantitative estimate of drug-likeness (QED) is 0.656. The van der Waals surface area contributed by atoms with Crippen LogP contribution in [0.2, 0.25) is 0 Å². The molecular weight excluding hydrogens is 278 g/mol. The smallest absolute Gasteiger partial charge is 0.237 e. The van der Waals surface area contributed by atoms with Gasteiger partial charge in [-0.25, -0.2) is 0 Å². The first-order chi connectivity index (χ1) is 10.6. The van der Waals surface area contributed by atoms with Crippen LogP contribution in [0.5, 0.6) is 5.75 Å². The molecule has 4 heteroatoms. The van der Waals surface area contributed by atoms with Crippen molar-refractivity contribution in [2.24, 2.45) is 0 Å². The lowest BCUT2D eigenvalue weighted by Crippen LogP contribution is -2.23. The van der Waals surface area contributed by atoms with Crippen molar-refractivity contribution in [2.45, 2.75) is 13.8 Å². The predicted molar refractivity (Wildman–Crippen MR) is 86.8 cm³/mol. The second-order valence-electron chi connectivity index (χ2n) is 4.87. The summed E-state index contributed by atoms with van der Waals surface area (Å²) in [7, 11) is 0. The maximum atomic E-state index is 12.4. The molecule has 4 nitrogen and oxygen atoms in total. The molecular formula is C18H19NO3. The van der Waals surface area contributed by atoms with Gasteiger partial charge in [-0.2, -0.15) is 0 Å². The van der Waals surface area contributed by atoms with Gasteiger partial charge in [-0.05, 0) is 26.0 Å². The second-order valence-corrected chi connectivity index (χ2v) is 4.87. The summed E-state index contributed by atoms with van der Waals surface area (Å²) >= 11 is 0. The molecule has 0 aliphatic carbocycles. The van der Waals surface area contributed by atoms with Crippen LogP contribution in [-0.4, -0.2) is 29.8 Å². The molecule has 2 rings (SSSR count). The van der Waals surface area contributed by atoms with E-state index in [0.29, 0.717) is 24.3 Å². The minimum Gasteiger partial charge on any atom is -0.505 e. The molecule has 0 unspecified atom stereocenters. The van der Waals surface area contributed by atoms with Gasteiger partial charge in [-0.3, -0.25) is 9.59 Å². The van der Waals surface area contributed by atoms with E-state index in [0.717, 1.165) is 0 Å². The molecule has 2 aromatic carbocycles. The van der Waals surface area contributed by atoms with Crippen LogP contribution in [0.1, 0.15) is 34.6 Å². The minimum atomic E-state index is -0.697. The van der Waals surface area contributed by atoms with E-state index in [-0.39, 0.29) is 11.3 Å². The minimum absolute atomic E-state index is 0.0400. The molecule has 0 radical (unpaired) electrons. The van der Waals surface area contributed by atoms with Gasteiger partial charge in [0.1, 0.15) is 5.75 Å². The first kappa shape index (κ1) is 15.8. The molecule has 0 fully saturated rings. The number of carbonyl (C=O) groups is 2. The molecule has 2 aromatic rings. The van der Waals surface area contributed by atoms with Crippen LogP contribution in [0, 0.1) is 0 Å². The Balaban J connectivity index is 2.39. The fraction of sp³-hybridized carbons (Fsp3) is 0.222. The summed E-state index contributed by atoms with van der Waals surface area (Å²) in [4.78, 5) is 26.6. The third-order valence-corrected chi connectivity index (χ3v) is 3.61. The number of hydrogen-bond donors (Lipinski definition) is 1. The number of para-hydroxylation sites is 1. The van der Waals surface area contributed by atoms with Crippen LogP contribution in [0.15, 0.2) is 48.5 Å². The van der Waals surface area contributed by atoms with Crippen molar-refractivity contribution in [3.63, 3.8) is 0 Å². The van der Waals surface area contributed by atoms with Crippen molar-refractivity contribution >= 4 is 17.3 Å². The van der Waals surface area contributed by atoms with Crippen molar-refractivity contribution < 1.29 is 14.7 Å². The fourth-order valence-electron chi connectivity index (χ4n) is 2.38. The summed E-state index contributed by atoms with van der Waals surface area (Å²) in [6.07, 6.45) is 0. The van der Waals surface area contributed by atoms with Gasteiger partial charge in [0, 0.05) is 18.7 Å². The van der Waals surface area contributed by atoms with Gasteiger partial charge in [0.25, 0.3) is 0 Å². The number of hydrogen-bond acceptors (Lipinski definition) is 4. The number of phenols is 1. The summed E-state index contributed by atoms with van der Waals surface area (Å²) in [6.45, 7) is 5.34. The Morgan fingerprint density at radius 1 is 0.909 bits per heavy atom. The number of rotatable bonds is 6. The average Bonchev–Trinajstić information content (AvgIpc) is 2.57. The first-order valence-electron chi connectivity index (χ1n) is 7.31. The molecule has 0 bridgehead atoms. The first-order valence-corrected chi connectivity index (χ1v) is 7.31. The van der Waals surface area contributed by atoms with E-state index >= 15 is 0 Å². The third-order valence-electron chi connectivity index (χ3n) is 3.61. The SMILES string of the molecule is CCN(CC)c1cccc(C(=O)C(=O)c2ccccc2)c1O. The molecule has 0 saturated carbocycles. The van der Waals surface area contributed by atoms with E-state index in [4.69, 9.17) is 0 Å². The molecule has 0 aliphatic rings. The molecule has 0 saturated heterocycles. The molecule has 0 aliphatic heterocycles. The summed E-state index contributed by atoms with van der Waals surface area (Å²) < 4.78 is 0. The lowest BCUT2D eigenvalue weighted by molar-refractivity contribution is 0.0815. The zero-order chi connectivity index (χ0) is 16.1. The van der Waals surface area contributed by atoms with E-state index in [1.807, 2.05) is 18.7 Å². The Morgan fingerprint density at radius 2 is 1.55 bits per heavy atom. The summed E-state index contributed by atoms with van der Waals surface area (Å²) in [5.41, 5.74) is 0.926. The Morgan fingerprint density at radius 3 is 2.14 bits per heavy atom. The molecule has 114 valence electrons. The van der Waals surface area contributed by atoms with Gasteiger partial charge in [-0.1, -0.05) is 36.4 Å². The maximum Gasteiger partial charge on any atom is 0.237 e. The predicted octanol–water partition coefficient (Wildman–Crippen LogP) is 3.30. The average molecular weight is 297 g/mol. The van der Waals surface area contributed by atoms with E-state index in [1.165, 1.54) is 6.07 Å². The van der Waals surface area contributed by atoms with E-state index in [2.05, 4.69) is 0 Å². The van der Waals surface area contributed by atoms with E-state index in [9.17, 15) is 14.7 Å².